The molecule has 0 aliphatic heterocycles. The molecule has 1 amide bonds. The summed E-state index contributed by atoms with van der Waals surface area (Å²) in [5.41, 5.74) is 7.54. The predicted molar refractivity (Wildman–Crippen MR) is 200 cm³/mol. The van der Waals surface area contributed by atoms with Crippen LogP contribution in [0, 0.1) is 58.2 Å². The summed E-state index contributed by atoms with van der Waals surface area (Å²) in [6.45, 7) is 26.2. The minimum atomic E-state index is -0.384. The van der Waals surface area contributed by atoms with Gasteiger partial charge in [-0.2, -0.15) is 0 Å². The van der Waals surface area contributed by atoms with Crippen molar-refractivity contribution in [1.82, 2.24) is 5.32 Å². The summed E-state index contributed by atoms with van der Waals surface area (Å²) < 4.78 is 5.69. The number of nitrogens with one attached hydrogen (secondary N) is 1. The van der Waals surface area contributed by atoms with Crippen molar-refractivity contribution in [2.24, 2.45) is 63.9 Å². The van der Waals surface area contributed by atoms with Gasteiger partial charge in [0.1, 0.15) is 6.10 Å². The van der Waals surface area contributed by atoms with Crippen LogP contribution in [-0.4, -0.2) is 48.7 Å². The van der Waals surface area contributed by atoms with Gasteiger partial charge in [-0.1, -0.05) is 107 Å². The number of aliphatic hydroxyl groups excluding tert-OH is 2. The number of nitrogens with two attached hydrogens (primary N) is 1. The highest BCUT2D eigenvalue weighted by atomic mass is 16.6. The number of alkyl carbamates (subject to hydrolysis) is 1. The Morgan fingerprint density at radius 3 is 2.06 bits per heavy atom. The summed E-state index contributed by atoms with van der Waals surface area (Å²) in [7, 11) is 0. The molecule has 4 aliphatic carbocycles. The number of hydrogen-bond donors (Lipinski definition) is 4. The third kappa shape index (κ3) is 12.9. The van der Waals surface area contributed by atoms with Crippen LogP contribution >= 0.6 is 0 Å². The van der Waals surface area contributed by atoms with Crippen LogP contribution in [-0.2, 0) is 4.74 Å². The second-order valence-corrected chi connectivity index (χ2v) is 16.7. The van der Waals surface area contributed by atoms with Crippen molar-refractivity contribution in [2.45, 2.75) is 159 Å². The van der Waals surface area contributed by atoms with Crippen LogP contribution in [0.15, 0.2) is 11.6 Å². The average Bonchev–Trinajstić information content (AvgIpc) is 3.39. The van der Waals surface area contributed by atoms with Crippen LogP contribution in [0.5, 0.6) is 0 Å². The van der Waals surface area contributed by atoms with Crippen LogP contribution in [0.25, 0.3) is 0 Å². The Morgan fingerprint density at radius 1 is 0.894 bits per heavy atom. The van der Waals surface area contributed by atoms with Gasteiger partial charge in [0, 0.05) is 19.6 Å². The fraction of sp³-hybridized carbons (Fsp3) is 0.927. The molecule has 0 bridgehead atoms. The van der Waals surface area contributed by atoms with Crippen molar-refractivity contribution >= 4 is 6.09 Å². The highest BCUT2D eigenvalue weighted by Crippen LogP contribution is 2.67. The lowest BCUT2D eigenvalue weighted by atomic mass is 9.47. The van der Waals surface area contributed by atoms with Gasteiger partial charge in [0.15, 0.2) is 0 Å². The summed E-state index contributed by atoms with van der Waals surface area (Å²) in [5, 5.41) is 19.8. The monoisotopic (exact) mass is 665 g/mol. The Labute approximate surface area is 291 Å². The molecule has 0 spiro atoms. The fourth-order valence-corrected chi connectivity index (χ4v) is 9.36. The first-order chi connectivity index (χ1) is 22.2. The van der Waals surface area contributed by atoms with E-state index in [4.69, 9.17) is 20.7 Å². The molecule has 0 aromatic carbocycles. The van der Waals surface area contributed by atoms with E-state index in [-0.39, 0.29) is 30.8 Å². The van der Waals surface area contributed by atoms with Crippen molar-refractivity contribution in [1.29, 1.82) is 0 Å². The van der Waals surface area contributed by atoms with Gasteiger partial charge in [-0.25, -0.2) is 4.79 Å². The number of allylic oxidation sites excluding steroid dienone is 1. The Kier molecular flexibility index (Phi) is 20.4. The van der Waals surface area contributed by atoms with E-state index in [9.17, 15) is 4.79 Å². The van der Waals surface area contributed by atoms with E-state index in [1.807, 2.05) is 13.8 Å². The second kappa shape index (κ2) is 21.9. The van der Waals surface area contributed by atoms with Crippen molar-refractivity contribution in [3.8, 4) is 0 Å². The smallest absolute Gasteiger partial charge is 0.407 e. The van der Waals surface area contributed by atoms with Gasteiger partial charge < -0.3 is 26.0 Å². The first-order valence-electron chi connectivity index (χ1n) is 19.8. The van der Waals surface area contributed by atoms with E-state index in [1.54, 1.807) is 5.57 Å². The van der Waals surface area contributed by atoms with Crippen molar-refractivity contribution in [3.05, 3.63) is 11.6 Å². The highest BCUT2D eigenvalue weighted by molar-refractivity contribution is 5.67. The zero-order valence-electron chi connectivity index (χ0n) is 32.9. The third-order valence-electron chi connectivity index (χ3n) is 12.1. The van der Waals surface area contributed by atoms with E-state index >= 15 is 0 Å². The van der Waals surface area contributed by atoms with E-state index in [2.05, 4.69) is 73.7 Å². The number of hydrogen-bond acceptors (Lipinski definition) is 5. The zero-order chi connectivity index (χ0) is 35.8. The van der Waals surface area contributed by atoms with E-state index < -0.39 is 0 Å². The highest BCUT2D eigenvalue weighted by Gasteiger charge is 2.59. The van der Waals surface area contributed by atoms with Gasteiger partial charge in [0.05, 0.1) is 6.61 Å². The third-order valence-corrected chi connectivity index (χ3v) is 12.1. The Hall–Kier alpha value is -1.11. The SMILES string of the molecule is CC.CC(C)CCCC(C)C1CCC2C3CC=C4CC(OC(=O)NCCO)CCC4(C)C3CCC12C.CC(C)CCO.CC(C)CN. The quantitative estimate of drug-likeness (QED) is 0.165. The molecule has 5 N–H and O–H groups in total. The van der Waals surface area contributed by atoms with Gasteiger partial charge in [-0.3, -0.25) is 0 Å². The van der Waals surface area contributed by atoms with Crippen LogP contribution in [0.2, 0.25) is 0 Å². The Balaban J connectivity index is 0.000000725. The molecule has 8 unspecified atom stereocenters. The molecule has 278 valence electrons. The maximum Gasteiger partial charge on any atom is 0.407 e. The molecule has 0 aromatic rings. The summed E-state index contributed by atoms with van der Waals surface area (Å²) in [4.78, 5) is 12.0. The molecule has 8 atom stereocenters. The molecule has 47 heavy (non-hydrogen) atoms. The minimum absolute atomic E-state index is 0.0222. The molecule has 6 nitrogen and oxygen atoms in total. The van der Waals surface area contributed by atoms with Crippen LogP contribution in [0.3, 0.4) is 0 Å². The maximum atomic E-state index is 12.0. The first kappa shape index (κ1) is 43.9. The predicted octanol–water partition coefficient (Wildman–Crippen LogP) is 9.77. The second-order valence-electron chi connectivity index (χ2n) is 16.7. The molecule has 6 heteroatoms. The molecule has 3 saturated carbocycles. The number of amides is 1. The maximum absolute atomic E-state index is 12.0. The molecular weight excluding hydrogens is 584 g/mol. The van der Waals surface area contributed by atoms with Crippen LogP contribution in [0.4, 0.5) is 4.79 Å². The van der Waals surface area contributed by atoms with E-state index in [0.717, 1.165) is 67.7 Å². The number of carbonyl (C=O) groups is 1. The topological polar surface area (TPSA) is 105 Å². The van der Waals surface area contributed by atoms with Gasteiger partial charge in [0.25, 0.3) is 0 Å². The van der Waals surface area contributed by atoms with Gasteiger partial charge in [-0.05, 0) is 116 Å². The lowest BCUT2D eigenvalue weighted by Crippen LogP contribution is -2.51. The molecule has 3 fully saturated rings. The van der Waals surface area contributed by atoms with Crippen molar-refractivity contribution < 1.29 is 19.7 Å². The molecule has 0 radical (unpaired) electrons. The fourth-order valence-electron chi connectivity index (χ4n) is 9.36. The van der Waals surface area contributed by atoms with E-state index in [0.29, 0.717) is 23.9 Å². The summed E-state index contributed by atoms with van der Waals surface area (Å²) in [6.07, 6.45) is 17.2. The van der Waals surface area contributed by atoms with Crippen LogP contribution in [0.1, 0.15) is 153 Å². The first-order valence-corrected chi connectivity index (χ1v) is 19.8. The average molecular weight is 665 g/mol. The lowest BCUT2D eigenvalue weighted by Gasteiger charge is -2.58. The van der Waals surface area contributed by atoms with E-state index in [1.165, 1.54) is 51.4 Å². The Morgan fingerprint density at radius 2 is 1.53 bits per heavy atom. The standard InChI is InChI=1S/C30H51NO3.C5H12O.C4H11N.C2H6/c1-20(2)7-6-8-21(3)25-11-12-26-24-10-9-22-19-23(34-28(33)31-17-18-32)13-15-29(22,4)27(24)14-16-30(25,26)5;1-5(2)3-4-6;1-4(2)3-5;1-2/h9,20-21,23-27,32H,6-8,10-19H2,1-5H3,(H,31,33);5-6H,3-4H2,1-2H3;4H,3,5H2,1-2H3;1-2H3. The molecular formula is C41H80N2O4. The molecule has 0 aromatic heterocycles. The van der Waals surface area contributed by atoms with Crippen molar-refractivity contribution in [2.75, 3.05) is 26.3 Å². The molecule has 0 saturated heterocycles. The van der Waals surface area contributed by atoms with Gasteiger partial charge in [0.2, 0.25) is 0 Å². The molecule has 4 aliphatic rings. The number of rotatable bonds is 11. The Bertz CT molecular complexity index is 889. The number of aliphatic hydroxyl groups is 2. The number of carbonyl (C=O) groups excluding carboxylic acids is 1. The number of ether oxygens (including phenoxy) is 1. The summed E-state index contributed by atoms with van der Waals surface area (Å²) in [5.74, 6) is 6.43. The van der Waals surface area contributed by atoms with Gasteiger partial charge >= 0.3 is 6.09 Å². The van der Waals surface area contributed by atoms with Crippen LogP contribution < -0.4 is 11.1 Å². The summed E-state index contributed by atoms with van der Waals surface area (Å²) >= 11 is 0. The normalized spacial score (nSPS) is 31.4. The molecule has 0 heterocycles. The largest absolute Gasteiger partial charge is 0.446 e. The zero-order valence-corrected chi connectivity index (χ0v) is 32.9. The molecule has 4 rings (SSSR count). The van der Waals surface area contributed by atoms with Crippen molar-refractivity contribution in [3.63, 3.8) is 0 Å². The number of fused-ring (bicyclic) bond motifs is 5. The summed E-state index contributed by atoms with van der Waals surface area (Å²) in [6, 6.07) is 0. The van der Waals surface area contributed by atoms with Gasteiger partial charge in [-0.15, -0.1) is 0 Å². The minimum Gasteiger partial charge on any atom is -0.446 e. The lowest BCUT2D eigenvalue weighted by molar-refractivity contribution is -0.0581.